The van der Waals surface area contributed by atoms with Crippen LogP contribution in [0.5, 0.6) is 0 Å². The molecule has 1 saturated heterocycles. The molecule has 13 heteroatoms. The number of H-pyrrole nitrogens is 1. The molecular weight excluding hydrogens is 448 g/mol. The van der Waals surface area contributed by atoms with Gasteiger partial charge in [0.15, 0.2) is 5.82 Å². The average molecular weight is 476 g/mol. The highest BCUT2D eigenvalue weighted by molar-refractivity contribution is 5.53. The Morgan fingerprint density at radius 1 is 1.24 bits per heavy atom. The smallest absolute Gasteiger partial charge is 0.235 e. The third kappa shape index (κ3) is 5.72. The minimum absolute atomic E-state index is 0.0184. The molecule has 0 amide bonds. The number of nitrogens with one attached hydrogen (secondary N) is 3. The maximum absolute atomic E-state index is 14.5. The summed E-state index contributed by atoms with van der Waals surface area (Å²) in [7, 11) is 1.47. The number of aryl methyl sites for hydroxylation is 1. The Kier molecular flexibility index (Phi) is 6.84. The van der Waals surface area contributed by atoms with Gasteiger partial charge >= 0.3 is 0 Å². The number of aromatic nitrogens is 6. The number of halogens is 2. The van der Waals surface area contributed by atoms with Gasteiger partial charge in [0.25, 0.3) is 0 Å². The first-order valence-electron chi connectivity index (χ1n) is 10.7. The number of anilines is 4. The summed E-state index contributed by atoms with van der Waals surface area (Å²) < 4.78 is 38.9. The van der Waals surface area contributed by atoms with Gasteiger partial charge in [-0.05, 0) is 20.8 Å². The van der Waals surface area contributed by atoms with Crippen molar-refractivity contribution < 1.29 is 18.3 Å². The summed E-state index contributed by atoms with van der Waals surface area (Å²) in [5, 5.41) is 13.1. The lowest BCUT2D eigenvalue weighted by Gasteiger charge is -2.38. The molecular formula is C21H27F2N9O2. The van der Waals surface area contributed by atoms with Crippen LogP contribution in [0.15, 0.2) is 18.3 Å². The molecule has 3 N–H and O–H groups in total. The number of hydrogen-bond acceptors (Lipinski definition) is 10. The van der Waals surface area contributed by atoms with Gasteiger partial charge in [-0.15, -0.1) is 0 Å². The molecule has 0 spiro atoms. The van der Waals surface area contributed by atoms with E-state index in [9.17, 15) is 8.78 Å². The van der Waals surface area contributed by atoms with Gasteiger partial charge in [0.1, 0.15) is 17.3 Å². The number of aromatic amines is 1. The van der Waals surface area contributed by atoms with Crippen LogP contribution in [0.3, 0.4) is 0 Å². The van der Waals surface area contributed by atoms with Crippen LogP contribution in [0.25, 0.3) is 0 Å². The van der Waals surface area contributed by atoms with E-state index in [-0.39, 0.29) is 29.8 Å². The number of morpholine rings is 1. The zero-order valence-electron chi connectivity index (χ0n) is 19.4. The number of rotatable bonds is 8. The topological polar surface area (TPSA) is 126 Å². The molecule has 34 heavy (non-hydrogen) atoms. The zero-order valence-corrected chi connectivity index (χ0v) is 19.4. The first-order valence-corrected chi connectivity index (χ1v) is 10.7. The van der Waals surface area contributed by atoms with E-state index in [2.05, 4.69) is 40.8 Å². The first-order chi connectivity index (χ1) is 16.2. The molecule has 1 atom stereocenters. The van der Waals surface area contributed by atoms with Crippen LogP contribution in [-0.4, -0.2) is 69.1 Å². The maximum atomic E-state index is 14.5. The molecule has 3 aromatic heterocycles. The highest BCUT2D eigenvalue weighted by Gasteiger charge is 2.30. The summed E-state index contributed by atoms with van der Waals surface area (Å²) in [6.45, 7) is 7.56. The van der Waals surface area contributed by atoms with Crippen molar-refractivity contribution in [2.75, 3.05) is 48.9 Å². The number of methoxy groups -OCH3 is 1. The molecule has 1 fully saturated rings. The molecule has 182 valence electrons. The Bertz CT molecular complexity index is 1140. The Labute approximate surface area is 195 Å². The van der Waals surface area contributed by atoms with Crippen molar-refractivity contribution in [3.63, 3.8) is 0 Å². The van der Waals surface area contributed by atoms with Gasteiger partial charge in [0.05, 0.1) is 31.1 Å². The third-order valence-electron chi connectivity index (χ3n) is 5.08. The molecule has 0 unspecified atom stereocenters. The highest BCUT2D eigenvalue weighted by atomic mass is 19.1. The quantitative estimate of drug-likeness (QED) is 0.448. The van der Waals surface area contributed by atoms with E-state index in [4.69, 9.17) is 9.47 Å². The molecule has 0 aliphatic carbocycles. The number of nitrogens with zero attached hydrogens (tertiary/aromatic N) is 6. The molecule has 3 aromatic rings. The average Bonchev–Trinajstić information content (AvgIpc) is 3.17. The van der Waals surface area contributed by atoms with E-state index >= 15 is 0 Å². The zero-order chi connectivity index (χ0) is 24.3. The Morgan fingerprint density at radius 2 is 2.03 bits per heavy atom. The minimum atomic E-state index is -0.802. The van der Waals surface area contributed by atoms with Crippen LogP contribution in [0.4, 0.5) is 32.4 Å². The molecule has 0 bridgehead atoms. The van der Waals surface area contributed by atoms with Gasteiger partial charge in [0.2, 0.25) is 17.8 Å². The van der Waals surface area contributed by atoms with Gasteiger partial charge in [0, 0.05) is 38.0 Å². The minimum Gasteiger partial charge on any atom is -0.382 e. The molecule has 0 aromatic carbocycles. The van der Waals surface area contributed by atoms with E-state index < -0.39 is 17.7 Å². The second-order valence-electron chi connectivity index (χ2n) is 8.55. The summed E-state index contributed by atoms with van der Waals surface area (Å²) in [6.07, 6.45) is 0.949. The maximum Gasteiger partial charge on any atom is 0.235 e. The van der Waals surface area contributed by atoms with Crippen LogP contribution in [0, 0.1) is 18.6 Å². The van der Waals surface area contributed by atoms with Crippen molar-refractivity contribution in [2.45, 2.75) is 32.4 Å². The van der Waals surface area contributed by atoms with Crippen LogP contribution in [0.2, 0.25) is 0 Å². The second-order valence-corrected chi connectivity index (χ2v) is 8.55. The van der Waals surface area contributed by atoms with Crippen LogP contribution in [0.1, 0.15) is 31.3 Å². The number of ether oxygens (including phenoxy) is 2. The van der Waals surface area contributed by atoms with Gasteiger partial charge < -0.3 is 25.0 Å². The van der Waals surface area contributed by atoms with Gasteiger partial charge in [-0.2, -0.15) is 20.1 Å². The van der Waals surface area contributed by atoms with Gasteiger partial charge in [-0.3, -0.25) is 10.1 Å². The van der Waals surface area contributed by atoms with Gasteiger partial charge in [-0.1, -0.05) is 0 Å². The van der Waals surface area contributed by atoms with E-state index in [1.54, 1.807) is 6.07 Å². The lowest BCUT2D eigenvalue weighted by atomic mass is 10.1. The fraction of sp³-hybridized carbons (Fsp3) is 0.476. The van der Waals surface area contributed by atoms with E-state index in [0.717, 1.165) is 18.0 Å². The Hall–Kier alpha value is -3.45. The summed E-state index contributed by atoms with van der Waals surface area (Å²) in [5.74, 6) is -0.224. The van der Waals surface area contributed by atoms with Crippen LogP contribution in [-0.2, 0) is 9.47 Å². The standard InChI is InChI=1S/C21H27F2N9O2/c1-12-7-16(31-30-12)26-19-27-18(28-20(29-19)32-5-6-34-21(2,3)11-32)25-15(10-33-4)17-14(23)8-13(22)9-24-17/h7-9,15H,5-6,10-11H2,1-4H3,(H3,25,26,27,28,29,30,31)/t15-/m0/s1. The fourth-order valence-corrected chi connectivity index (χ4v) is 3.60. The second kappa shape index (κ2) is 9.81. The Morgan fingerprint density at radius 3 is 2.71 bits per heavy atom. The predicted octanol–water partition coefficient (Wildman–Crippen LogP) is 2.73. The summed E-state index contributed by atoms with van der Waals surface area (Å²) >= 11 is 0. The van der Waals surface area contributed by atoms with Crippen LogP contribution < -0.4 is 15.5 Å². The summed E-state index contributed by atoms with van der Waals surface area (Å²) in [4.78, 5) is 19.4. The van der Waals surface area contributed by atoms with Gasteiger partial charge in [-0.25, -0.2) is 8.78 Å². The third-order valence-corrected chi connectivity index (χ3v) is 5.08. The largest absolute Gasteiger partial charge is 0.382 e. The first kappa shape index (κ1) is 23.7. The SMILES string of the molecule is COC[C@H](Nc1nc(Nc2cc(C)[nH]n2)nc(N2CCOC(C)(C)C2)n1)c1ncc(F)cc1F. The van der Waals surface area contributed by atoms with E-state index in [1.165, 1.54) is 7.11 Å². The molecule has 1 aliphatic rings. The van der Waals surface area contributed by atoms with Crippen molar-refractivity contribution >= 4 is 23.7 Å². The van der Waals surface area contributed by atoms with Crippen molar-refractivity contribution in [1.29, 1.82) is 0 Å². The lowest BCUT2D eigenvalue weighted by molar-refractivity contribution is -0.0281. The molecule has 1 aliphatic heterocycles. The fourth-order valence-electron chi connectivity index (χ4n) is 3.60. The van der Waals surface area contributed by atoms with Crippen LogP contribution >= 0.6 is 0 Å². The highest BCUT2D eigenvalue weighted by Crippen LogP contribution is 2.25. The molecule has 11 nitrogen and oxygen atoms in total. The predicted molar refractivity (Wildman–Crippen MR) is 121 cm³/mol. The normalized spacial score (nSPS) is 16.4. The molecule has 4 heterocycles. The molecule has 4 rings (SSSR count). The number of pyridine rings is 1. The number of hydrogen-bond donors (Lipinski definition) is 3. The monoisotopic (exact) mass is 475 g/mol. The molecule has 0 radical (unpaired) electrons. The summed E-state index contributed by atoms with van der Waals surface area (Å²) in [6, 6.07) is 1.80. The molecule has 0 saturated carbocycles. The van der Waals surface area contributed by atoms with Crippen molar-refractivity contribution in [1.82, 2.24) is 30.1 Å². The van der Waals surface area contributed by atoms with Crippen molar-refractivity contribution in [3.8, 4) is 0 Å². The van der Waals surface area contributed by atoms with Crippen molar-refractivity contribution in [3.05, 3.63) is 41.4 Å². The van der Waals surface area contributed by atoms with E-state index in [0.29, 0.717) is 31.5 Å². The lowest BCUT2D eigenvalue weighted by Crippen LogP contribution is -2.49. The van der Waals surface area contributed by atoms with Crippen molar-refractivity contribution in [2.24, 2.45) is 0 Å². The van der Waals surface area contributed by atoms with E-state index in [1.807, 2.05) is 25.7 Å². The summed E-state index contributed by atoms with van der Waals surface area (Å²) in [5.41, 5.74) is 0.462. The Balaban J connectivity index is 1.68.